The molecular weight excluding hydrogens is 356 g/mol. The second-order valence-corrected chi connectivity index (χ2v) is 6.90. The molecule has 1 aromatic heterocycles. The number of aromatic nitrogens is 1. The van der Waals surface area contributed by atoms with Crippen molar-refractivity contribution in [3.63, 3.8) is 0 Å². The molecule has 2 aromatic carbocycles. The predicted octanol–water partition coefficient (Wildman–Crippen LogP) is 3.88. The van der Waals surface area contributed by atoms with Gasteiger partial charge in [0.2, 0.25) is 5.91 Å². The molecule has 0 radical (unpaired) electrons. The highest BCUT2D eigenvalue weighted by Crippen LogP contribution is 2.31. The van der Waals surface area contributed by atoms with Crippen molar-refractivity contribution >= 4 is 28.1 Å². The van der Waals surface area contributed by atoms with Crippen LogP contribution in [0.5, 0.6) is 0 Å². The summed E-state index contributed by atoms with van der Waals surface area (Å²) in [7, 11) is 0. The molecule has 1 N–H and O–H groups in total. The number of hydrogen-bond donors (Lipinski definition) is 1. The van der Waals surface area contributed by atoms with Gasteiger partial charge in [-0.15, -0.1) is 0 Å². The van der Waals surface area contributed by atoms with Crippen molar-refractivity contribution in [2.24, 2.45) is 0 Å². The van der Waals surface area contributed by atoms with Crippen LogP contribution in [-0.2, 0) is 17.9 Å². The minimum Gasteiger partial charge on any atom is -0.380 e. The van der Waals surface area contributed by atoms with Crippen molar-refractivity contribution < 1.29 is 9.72 Å². The minimum absolute atomic E-state index is 0.0504. The quantitative estimate of drug-likeness (QED) is 0.521. The molecule has 1 amide bonds. The predicted molar refractivity (Wildman–Crippen MR) is 107 cm³/mol. The maximum absolute atomic E-state index is 11.7. The van der Waals surface area contributed by atoms with Crippen molar-refractivity contribution in [2.75, 3.05) is 11.9 Å². The van der Waals surface area contributed by atoms with E-state index in [1.54, 1.807) is 18.3 Å². The Hall–Kier alpha value is -3.48. The lowest BCUT2D eigenvalue weighted by molar-refractivity contribution is -0.383. The van der Waals surface area contributed by atoms with Gasteiger partial charge in [0, 0.05) is 55.6 Å². The first-order valence-corrected chi connectivity index (χ1v) is 9.22. The van der Waals surface area contributed by atoms with Crippen LogP contribution in [0.2, 0.25) is 0 Å². The number of anilines is 1. The van der Waals surface area contributed by atoms with Crippen molar-refractivity contribution in [2.45, 2.75) is 25.9 Å². The van der Waals surface area contributed by atoms with Gasteiger partial charge in [0.15, 0.2) is 0 Å². The van der Waals surface area contributed by atoms with E-state index in [2.05, 4.69) is 10.3 Å². The van der Waals surface area contributed by atoms with Crippen LogP contribution in [0, 0.1) is 10.1 Å². The molecule has 0 bridgehead atoms. The molecule has 7 heteroatoms. The van der Waals surface area contributed by atoms with Gasteiger partial charge in [0.25, 0.3) is 5.69 Å². The van der Waals surface area contributed by atoms with E-state index in [1.165, 1.54) is 12.3 Å². The van der Waals surface area contributed by atoms with E-state index < -0.39 is 4.92 Å². The van der Waals surface area contributed by atoms with Crippen LogP contribution in [0.1, 0.15) is 24.0 Å². The summed E-state index contributed by atoms with van der Waals surface area (Å²) in [6.45, 7) is 2.09. The zero-order valence-corrected chi connectivity index (χ0v) is 15.3. The molecule has 0 aliphatic carbocycles. The van der Waals surface area contributed by atoms with Crippen LogP contribution in [-0.4, -0.2) is 27.3 Å². The molecule has 0 atom stereocenters. The van der Waals surface area contributed by atoms with E-state index >= 15 is 0 Å². The standard InChI is InChI=1S/C21H20N4O3/c26-21-2-1-11-24(21)14-16-5-3-15(4-6-16)12-23-19-7-8-20(25(27)28)18-13-22-10-9-17(18)19/h3-10,13,23H,1-2,11-12,14H2. The smallest absolute Gasteiger partial charge is 0.278 e. The lowest BCUT2D eigenvalue weighted by Crippen LogP contribution is -2.23. The van der Waals surface area contributed by atoms with Gasteiger partial charge in [0.1, 0.15) is 0 Å². The Kier molecular flexibility index (Phi) is 4.89. The molecule has 1 aliphatic heterocycles. The van der Waals surface area contributed by atoms with Gasteiger partial charge < -0.3 is 10.2 Å². The third kappa shape index (κ3) is 3.64. The number of hydrogen-bond acceptors (Lipinski definition) is 5. The Bertz CT molecular complexity index is 1030. The van der Waals surface area contributed by atoms with Crippen molar-refractivity contribution in [1.82, 2.24) is 9.88 Å². The topological polar surface area (TPSA) is 88.4 Å². The number of nitro groups is 1. The number of nitrogens with zero attached hydrogens (tertiary/aromatic N) is 3. The molecule has 0 unspecified atom stereocenters. The lowest BCUT2D eigenvalue weighted by atomic mass is 10.1. The molecule has 3 aromatic rings. The zero-order valence-electron chi connectivity index (χ0n) is 15.3. The Labute approximate surface area is 162 Å². The van der Waals surface area contributed by atoms with Crippen LogP contribution in [0.25, 0.3) is 10.8 Å². The lowest BCUT2D eigenvalue weighted by Gasteiger charge is -2.16. The largest absolute Gasteiger partial charge is 0.380 e. The zero-order chi connectivity index (χ0) is 19.5. The maximum Gasteiger partial charge on any atom is 0.278 e. The van der Waals surface area contributed by atoms with E-state index in [-0.39, 0.29) is 11.6 Å². The molecule has 4 rings (SSSR count). The van der Waals surface area contributed by atoms with Crippen molar-refractivity contribution in [3.05, 3.63) is 76.1 Å². The average Bonchev–Trinajstić information content (AvgIpc) is 3.11. The summed E-state index contributed by atoms with van der Waals surface area (Å²) < 4.78 is 0. The fraction of sp³-hybridized carbons (Fsp3) is 0.238. The molecule has 142 valence electrons. The van der Waals surface area contributed by atoms with E-state index in [0.717, 1.165) is 35.2 Å². The highest BCUT2D eigenvalue weighted by Gasteiger charge is 2.19. The summed E-state index contributed by atoms with van der Waals surface area (Å²) in [6, 6.07) is 13.2. The van der Waals surface area contributed by atoms with Crippen LogP contribution in [0.15, 0.2) is 54.9 Å². The van der Waals surface area contributed by atoms with Gasteiger partial charge in [-0.25, -0.2) is 0 Å². The number of carbonyl (C=O) groups is 1. The molecule has 7 nitrogen and oxygen atoms in total. The summed E-state index contributed by atoms with van der Waals surface area (Å²) in [5, 5.41) is 15.9. The van der Waals surface area contributed by atoms with Crippen molar-refractivity contribution in [1.29, 1.82) is 0 Å². The van der Waals surface area contributed by atoms with E-state index in [4.69, 9.17) is 0 Å². The first kappa shape index (κ1) is 17.9. The number of nitro benzene ring substituents is 1. The number of amides is 1. The average molecular weight is 376 g/mol. The molecule has 2 heterocycles. The highest BCUT2D eigenvalue weighted by molar-refractivity contribution is 5.99. The monoisotopic (exact) mass is 376 g/mol. The Morgan fingerprint density at radius 3 is 2.57 bits per heavy atom. The third-order valence-corrected chi connectivity index (χ3v) is 5.04. The molecule has 1 aliphatic rings. The third-order valence-electron chi connectivity index (χ3n) is 5.04. The van der Waals surface area contributed by atoms with Gasteiger partial charge in [-0.3, -0.25) is 19.9 Å². The van der Waals surface area contributed by atoms with Crippen LogP contribution in [0.3, 0.4) is 0 Å². The summed E-state index contributed by atoms with van der Waals surface area (Å²) in [6.07, 6.45) is 4.75. The Morgan fingerprint density at radius 2 is 1.86 bits per heavy atom. The summed E-state index contributed by atoms with van der Waals surface area (Å²) in [5.74, 6) is 0.227. The van der Waals surface area contributed by atoms with Crippen LogP contribution < -0.4 is 5.32 Å². The van der Waals surface area contributed by atoms with Gasteiger partial charge in [-0.05, 0) is 29.7 Å². The first-order chi connectivity index (χ1) is 13.6. The van der Waals surface area contributed by atoms with Gasteiger partial charge >= 0.3 is 0 Å². The van der Waals surface area contributed by atoms with Gasteiger partial charge in [-0.1, -0.05) is 24.3 Å². The number of non-ortho nitro benzene ring substituents is 1. The first-order valence-electron chi connectivity index (χ1n) is 9.22. The number of rotatable bonds is 6. The molecular formula is C21H20N4O3. The molecule has 0 saturated carbocycles. The van der Waals surface area contributed by atoms with Crippen LogP contribution >= 0.6 is 0 Å². The number of carbonyl (C=O) groups excluding carboxylic acids is 1. The van der Waals surface area contributed by atoms with Crippen molar-refractivity contribution in [3.8, 4) is 0 Å². The number of nitrogens with one attached hydrogen (secondary N) is 1. The highest BCUT2D eigenvalue weighted by atomic mass is 16.6. The number of likely N-dealkylation sites (tertiary alicyclic amines) is 1. The van der Waals surface area contributed by atoms with E-state index in [9.17, 15) is 14.9 Å². The van der Waals surface area contributed by atoms with E-state index in [0.29, 0.717) is 24.9 Å². The Morgan fingerprint density at radius 1 is 1.07 bits per heavy atom. The van der Waals surface area contributed by atoms with Gasteiger partial charge in [0.05, 0.1) is 10.3 Å². The second kappa shape index (κ2) is 7.64. The molecule has 28 heavy (non-hydrogen) atoms. The summed E-state index contributed by atoms with van der Waals surface area (Å²) >= 11 is 0. The van der Waals surface area contributed by atoms with Crippen LogP contribution in [0.4, 0.5) is 11.4 Å². The van der Waals surface area contributed by atoms with Gasteiger partial charge in [-0.2, -0.15) is 0 Å². The SMILES string of the molecule is O=C1CCCN1Cc1ccc(CNc2ccc([N+](=O)[O-])c3cnccc23)cc1. The number of pyridine rings is 1. The normalized spacial score (nSPS) is 13.9. The number of benzene rings is 2. The number of fused-ring (bicyclic) bond motifs is 1. The molecule has 0 spiro atoms. The fourth-order valence-electron chi connectivity index (χ4n) is 3.54. The fourth-order valence-corrected chi connectivity index (χ4v) is 3.54. The second-order valence-electron chi connectivity index (χ2n) is 6.90. The maximum atomic E-state index is 11.7. The minimum atomic E-state index is -0.391. The summed E-state index contributed by atoms with van der Waals surface area (Å²) in [5.41, 5.74) is 3.09. The van der Waals surface area contributed by atoms with E-state index in [1.807, 2.05) is 29.2 Å². The molecule has 1 saturated heterocycles. The summed E-state index contributed by atoms with van der Waals surface area (Å²) in [4.78, 5) is 28.5. The Balaban J connectivity index is 1.47. The molecule has 1 fully saturated rings.